The van der Waals surface area contributed by atoms with Crippen molar-refractivity contribution >= 4 is 24.5 Å². The molecule has 1 heterocycles. The van der Waals surface area contributed by atoms with Crippen molar-refractivity contribution in [1.82, 2.24) is 5.32 Å². The molecule has 28 heavy (non-hydrogen) atoms. The third kappa shape index (κ3) is 4.46. The van der Waals surface area contributed by atoms with Gasteiger partial charge in [-0.2, -0.15) is 0 Å². The number of carbonyl (C=O) groups excluding carboxylic acids is 1. The molecule has 1 amide bonds. The Hall–Kier alpha value is -1.73. The van der Waals surface area contributed by atoms with Crippen LogP contribution in [0.3, 0.4) is 0 Å². The number of benzene rings is 1. The largest absolute Gasteiger partial charge is 0.497 e. The summed E-state index contributed by atoms with van der Waals surface area (Å²) in [6, 6.07) is 6.25. The van der Waals surface area contributed by atoms with Crippen LogP contribution in [0.25, 0.3) is 0 Å². The standard InChI is InChI=1S/C21H33BN2O4/c1-19(2,26)20(3,4)28-22-14-9-16(11-17(10-14)27-6)24-12-15(13-24)23-18(25)21(5)7-8-21/h9-11,15,22,26H,7-8,12-13H2,1-6H3,(H,23,25). The van der Waals surface area contributed by atoms with Gasteiger partial charge in [-0.3, -0.25) is 4.79 Å². The molecule has 1 saturated heterocycles. The lowest BCUT2D eigenvalue weighted by Gasteiger charge is -2.42. The maximum absolute atomic E-state index is 12.2. The summed E-state index contributed by atoms with van der Waals surface area (Å²) < 4.78 is 11.5. The molecule has 0 radical (unpaired) electrons. The van der Waals surface area contributed by atoms with Crippen LogP contribution in [0, 0.1) is 5.41 Å². The Balaban J connectivity index is 1.61. The molecule has 1 saturated carbocycles. The summed E-state index contributed by atoms with van der Waals surface area (Å²) >= 11 is 0. The van der Waals surface area contributed by atoms with Gasteiger partial charge in [-0.25, -0.2) is 0 Å². The van der Waals surface area contributed by atoms with Gasteiger partial charge in [0.05, 0.1) is 24.4 Å². The van der Waals surface area contributed by atoms with E-state index in [2.05, 4.69) is 16.3 Å². The van der Waals surface area contributed by atoms with Crippen molar-refractivity contribution in [1.29, 1.82) is 0 Å². The number of amides is 1. The number of nitrogens with zero attached hydrogens (tertiary/aromatic N) is 1. The van der Waals surface area contributed by atoms with Crippen LogP contribution in [0.4, 0.5) is 5.69 Å². The first-order valence-corrected chi connectivity index (χ1v) is 10.0. The highest BCUT2D eigenvalue weighted by atomic mass is 16.5. The van der Waals surface area contributed by atoms with E-state index in [0.717, 1.165) is 42.8 Å². The first-order valence-electron chi connectivity index (χ1n) is 10.0. The topological polar surface area (TPSA) is 71.0 Å². The van der Waals surface area contributed by atoms with Gasteiger partial charge in [0.2, 0.25) is 5.91 Å². The zero-order chi connectivity index (χ0) is 20.7. The summed E-state index contributed by atoms with van der Waals surface area (Å²) in [5.74, 6) is 0.959. The molecule has 2 N–H and O–H groups in total. The molecule has 0 aromatic heterocycles. The van der Waals surface area contributed by atoms with E-state index in [0.29, 0.717) is 7.48 Å². The highest BCUT2D eigenvalue weighted by molar-refractivity contribution is 6.47. The summed E-state index contributed by atoms with van der Waals surface area (Å²) in [5, 5.41) is 13.4. The van der Waals surface area contributed by atoms with E-state index in [9.17, 15) is 9.90 Å². The smallest absolute Gasteiger partial charge is 0.309 e. The fourth-order valence-electron chi connectivity index (χ4n) is 3.02. The summed E-state index contributed by atoms with van der Waals surface area (Å²) in [4.78, 5) is 14.4. The van der Waals surface area contributed by atoms with Crippen LogP contribution in [0.2, 0.25) is 0 Å². The number of nitrogens with one attached hydrogen (secondary N) is 1. The van der Waals surface area contributed by atoms with E-state index < -0.39 is 11.2 Å². The van der Waals surface area contributed by atoms with Crippen LogP contribution in [-0.2, 0) is 9.45 Å². The van der Waals surface area contributed by atoms with E-state index >= 15 is 0 Å². The molecule has 0 spiro atoms. The minimum atomic E-state index is -0.949. The molecule has 2 fully saturated rings. The van der Waals surface area contributed by atoms with Crippen LogP contribution in [-0.4, -0.2) is 55.9 Å². The lowest BCUT2D eigenvalue weighted by Crippen LogP contribution is -2.60. The molecule has 3 rings (SSSR count). The molecule has 1 aliphatic heterocycles. The Kier molecular flexibility index (Phi) is 5.45. The van der Waals surface area contributed by atoms with Gasteiger partial charge in [0.25, 0.3) is 0 Å². The predicted molar refractivity (Wildman–Crippen MR) is 113 cm³/mol. The van der Waals surface area contributed by atoms with Gasteiger partial charge in [0.15, 0.2) is 0 Å². The quantitative estimate of drug-likeness (QED) is 0.658. The molecule has 2 aliphatic rings. The lowest BCUT2D eigenvalue weighted by molar-refractivity contribution is -0.126. The molecule has 6 nitrogen and oxygen atoms in total. The fraction of sp³-hybridized carbons (Fsp3) is 0.667. The average molecular weight is 388 g/mol. The van der Waals surface area contributed by atoms with Crippen molar-refractivity contribution in [2.24, 2.45) is 5.41 Å². The highest BCUT2D eigenvalue weighted by Crippen LogP contribution is 2.45. The van der Waals surface area contributed by atoms with Gasteiger partial charge < -0.3 is 24.7 Å². The number of anilines is 1. The summed E-state index contributed by atoms with van der Waals surface area (Å²) in [7, 11) is 2.04. The zero-order valence-corrected chi connectivity index (χ0v) is 18.0. The first-order chi connectivity index (χ1) is 12.9. The van der Waals surface area contributed by atoms with Crippen LogP contribution in [0.1, 0.15) is 47.5 Å². The van der Waals surface area contributed by atoms with Gasteiger partial charge in [0.1, 0.15) is 5.75 Å². The molecule has 0 atom stereocenters. The second-order valence-corrected chi connectivity index (χ2v) is 9.53. The first kappa shape index (κ1) is 21.0. The molecule has 7 heteroatoms. The van der Waals surface area contributed by atoms with Gasteiger partial charge in [-0.15, -0.1) is 0 Å². The van der Waals surface area contributed by atoms with E-state index in [1.165, 1.54) is 0 Å². The predicted octanol–water partition coefficient (Wildman–Crippen LogP) is 1.34. The van der Waals surface area contributed by atoms with Gasteiger partial charge in [0, 0.05) is 30.3 Å². The SMILES string of the molecule is COc1cc(BOC(C)(C)C(C)(C)O)cc(N2CC(NC(=O)C3(C)CC3)C2)c1. The van der Waals surface area contributed by atoms with Crippen molar-refractivity contribution in [3.05, 3.63) is 18.2 Å². The third-order valence-electron chi connectivity index (χ3n) is 6.39. The Labute approximate surface area is 168 Å². The zero-order valence-electron chi connectivity index (χ0n) is 18.0. The molecule has 0 unspecified atom stereocenters. The second kappa shape index (κ2) is 7.27. The van der Waals surface area contributed by atoms with E-state index in [4.69, 9.17) is 9.39 Å². The number of carbonyl (C=O) groups is 1. The Morgan fingerprint density at radius 3 is 2.43 bits per heavy atom. The van der Waals surface area contributed by atoms with Crippen molar-refractivity contribution in [2.45, 2.75) is 64.7 Å². The monoisotopic (exact) mass is 388 g/mol. The minimum Gasteiger partial charge on any atom is -0.497 e. The van der Waals surface area contributed by atoms with Crippen LogP contribution >= 0.6 is 0 Å². The van der Waals surface area contributed by atoms with Crippen molar-refractivity contribution in [2.75, 3.05) is 25.1 Å². The van der Waals surface area contributed by atoms with Crippen LogP contribution < -0.4 is 20.4 Å². The summed E-state index contributed by atoms with van der Waals surface area (Å²) in [6.07, 6.45) is 1.99. The maximum atomic E-state index is 12.2. The molecule has 154 valence electrons. The number of aliphatic hydroxyl groups is 1. The van der Waals surface area contributed by atoms with Crippen molar-refractivity contribution < 1.29 is 19.3 Å². The third-order valence-corrected chi connectivity index (χ3v) is 6.39. The van der Waals surface area contributed by atoms with E-state index in [1.54, 1.807) is 21.0 Å². The number of rotatable bonds is 8. The Bertz CT molecular complexity index is 734. The summed E-state index contributed by atoms with van der Waals surface area (Å²) in [5.41, 5.74) is 0.289. The molecular weight excluding hydrogens is 355 g/mol. The molecule has 1 aliphatic carbocycles. The van der Waals surface area contributed by atoms with E-state index in [-0.39, 0.29) is 17.4 Å². The number of hydrogen-bond donors (Lipinski definition) is 2. The molecular formula is C21H33BN2O4. The van der Waals surface area contributed by atoms with Crippen molar-refractivity contribution in [3.63, 3.8) is 0 Å². The Morgan fingerprint density at radius 2 is 1.89 bits per heavy atom. The highest BCUT2D eigenvalue weighted by Gasteiger charge is 2.46. The Morgan fingerprint density at radius 1 is 1.25 bits per heavy atom. The maximum Gasteiger partial charge on any atom is 0.309 e. The summed E-state index contributed by atoms with van der Waals surface area (Å²) in [6.45, 7) is 10.9. The molecule has 1 aromatic carbocycles. The van der Waals surface area contributed by atoms with E-state index in [1.807, 2.05) is 32.9 Å². The van der Waals surface area contributed by atoms with Crippen molar-refractivity contribution in [3.8, 4) is 5.75 Å². The van der Waals surface area contributed by atoms with Gasteiger partial charge in [-0.05, 0) is 58.1 Å². The second-order valence-electron chi connectivity index (χ2n) is 9.53. The average Bonchev–Trinajstić information content (AvgIpc) is 3.33. The van der Waals surface area contributed by atoms with Crippen LogP contribution in [0.15, 0.2) is 18.2 Å². The number of hydrogen-bond acceptors (Lipinski definition) is 5. The van der Waals surface area contributed by atoms with Gasteiger partial charge in [-0.1, -0.05) is 6.92 Å². The fourth-order valence-corrected chi connectivity index (χ4v) is 3.02. The normalized spacial score (nSPS) is 19.0. The molecule has 1 aromatic rings. The van der Waals surface area contributed by atoms with Crippen LogP contribution in [0.5, 0.6) is 5.75 Å². The van der Waals surface area contributed by atoms with Gasteiger partial charge >= 0.3 is 7.48 Å². The number of ether oxygens (including phenoxy) is 1. The minimum absolute atomic E-state index is 0.131. The lowest BCUT2D eigenvalue weighted by atomic mass is 9.82. The molecule has 0 bridgehead atoms. The number of methoxy groups -OCH3 is 1.